The highest BCUT2D eigenvalue weighted by molar-refractivity contribution is 4.84. The molecule has 2 rings (SSSR count). The van der Waals surface area contributed by atoms with Crippen LogP contribution < -0.4 is 5.32 Å². The minimum atomic E-state index is 0.769. The van der Waals surface area contributed by atoms with E-state index in [9.17, 15) is 0 Å². The van der Waals surface area contributed by atoms with Gasteiger partial charge in [0, 0.05) is 19.1 Å². The van der Waals surface area contributed by atoms with Crippen molar-refractivity contribution >= 4 is 0 Å². The summed E-state index contributed by atoms with van der Waals surface area (Å²) in [5, 5.41) is 3.58. The van der Waals surface area contributed by atoms with Gasteiger partial charge in [0.05, 0.1) is 0 Å². The Balaban J connectivity index is 1.63. The van der Waals surface area contributed by atoms with Gasteiger partial charge in [0.2, 0.25) is 0 Å². The smallest absolute Gasteiger partial charge is 0.00792 e. The van der Waals surface area contributed by atoms with E-state index in [1.54, 1.807) is 0 Å². The van der Waals surface area contributed by atoms with Gasteiger partial charge in [-0.15, -0.1) is 0 Å². The van der Waals surface area contributed by atoms with E-state index in [2.05, 4.69) is 31.0 Å². The molecule has 2 aliphatic rings. The SMILES string of the molecule is CC(C)CNCCC(C)N(CC1CC1)CC1CC1. The summed E-state index contributed by atoms with van der Waals surface area (Å²) in [6.07, 6.45) is 7.25. The average molecular weight is 252 g/mol. The number of nitrogens with one attached hydrogen (secondary N) is 1. The van der Waals surface area contributed by atoms with Crippen molar-refractivity contribution in [2.24, 2.45) is 17.8 Å². The second-order valence-corrected chi connectivity index (χ2v) is 7.08. The van der Waals surface area contributed by atoms with Gasteiger partial charge in [0.25, 0.3) is 0 Å². The molecule has 0 aromatic heterocycles. The topological polar surface area (TPSA) is 15.3 Å². The van der Waals surface area contributed by atoms with Crippen molar-refractivity contribution in [2.75, 3.05) is 26.2 Å². The molecule has 0 aromatic rings. The lowest BCUT2D eigenvalue weighted by molar-refractivity contribution is 0.182. The summed E-state index contributed by atoms with van der Waals surface area (Å²) in [4.78, 5) is 2.78. The minimum absolute atomic E-state index is 0.769. The number of nitrogens with zero attached hydrogens (tertiary/aromatic N) is 1. The fourth-order valence-electron chi connectivity index (χ4n) is 2.58. The maximum absolute atomic E-state index is 3.58. The van der Waals surface area contributed by atoms with Crippen molar-refractivity contribution in [3.63, 3.8) is 0 Å². The Morgan fingerprint density at radius 2 is 1.56 bits per heavy atom. The van der Waals surface area contributed by atoms with Crippen LogP contribution in [0.3, 0.4) is 0 Å². The summed E-state index contributed by atoms with van der Waals surface area (Å²) < 4.78 is 0. The standard InChI is InChI=1S/C16H32N2/c1-13(2)10-17-9-8-14(3)18(11-15-4-5-15)12-16-6-7-16/h13-17H,4-12H2,1-3H3. The first-order valence-electron chi connectivity index (χ1n) is 8.10. The zero-order chi connectivity index (χ0) is 13.0. The average Bonchev–Trinajstić information content (AvgIpc) is 3.17. The van der Waals surface area contributed by atoms with Crippen LogP contribution in [0.2, 0.25) is 0 Å². The van der Waals surface area contributed by atoms with Gasteiger partial charge in [0.1, 0.15) is 0 Å². The molecule has 0 bridgehead atoms. The highest BCUT2D eigenvalue weighted by atomic mass is 15.2. The van der Waals surface area contributed by atoms with Crippen molar-refractivity contribution < 1.29 is 0 Å². The molecule has 0 spiro atoms. The lowest BCUT2D eigenvalue weighted by Crippen LogP contribution is -2.38. The Morgan fingerprint density at radius 1 is 1.00 bits per heavy atom. The molecule has 106 valence electrons. The lowest BCUT2D eigenvalue weighted by atomic mass is 10.1. The third kappa shape index (κ3) is 5.71. The molecule has 2 fully saturated rings. The van der Waals surface area contributed by atoms with E-state index in [0.29, 0.717) is 0 Å². The maximum Gasteiger partial charge on any atom is 0.00792 e. The van der Waals surface area contributed by atoms with E-state index in [0.717, 1.165) is 30.3 Å². The van der Waals surface area contributed by atoms with Crippen LogP contribution in [0, 0.1) is 17.8 Å². The minimum Gasteiger partial charge on any atom is -0.316 e. The molecule has 2 heteroatoms. The second-order valence-electron chi connectivity index (χ2n) is 7.08. The predicted octanol–water partition coefficient (Wildman–Crippen LogP) is 3.13. The molecule has 2 nitrogen and oxygen atoms in total. The van der Waals surface area contributed by atoms with E-state index in [-0.39, 0.29) is 0 Å². The largest absolute Gasteiger partial charge is 0.316 e. The normalized spacial score (nSPS) is 21.8. The van der Waals surface area contributed by atoms with E-state index in [4.69, 9.17) is 0 Å². The first kappa shape index (κ1) is 14.3. The number of hydrogen-bond acceptors (Lipinski definition) is 2. The van der Waals surface area contributed by atoms with Crippen molar-refractivity contribution in [3.05, 3.63) is 0 Å². The van der Waals surface area contributed by atoms with Gasteiger partial charge in [-0.05, 0) is 69.9 Å². The molecular weight excluding hydrogens is 220 g/mol. The van der Waals surface area contributed by atoms with Gasteiger partial charge in [-0.3, -0.25) is 0 Å². The molecule has 1 unspecified atom stereocenters. The fourth-order valence-corrected chi connectivity index (χ4v) is 2.58. The van der Waals surface area contributed by atoms with Crippen LogP contribution in [0.1, 0.15) is 52.9 Å². The first-order chi connectivity index (χ1) is 8.65. The van der Waals surface area contributed by atoms with Gasteiger partial charge < -0.3 is 10.2 Å². The van der Waals surface area contributed by atoms with Gasteiger partial charge in [-0.1, -0.05) is 13.8 Å². The highest BCUT2D eigenvalue weighted by Crippen LogP contribution is 2.34. The quantitative estimate of drug-likeness (QED) is 0.601. The molecular formula is C16H32N2. The third-order valence-corrected chi connectivity index (χ3v) is 4.29. The van der Waals surface area contributed by atoms with Crippen LogP contribution in [0.5, 0.6) is 0 Å². The molecule has 0 amide bonds. The number of rotatable bonds is 10. The molecule has 18 heavy (non-hydrogen) atoms. The van der Waals surface area contributed by atoms with Crippen molar-refractivity contribution in [2.45, 2.75) is 58.9 Å². The van der Waals surface area contributed by atoms with Crippen LogP contribution >= 0.6 is 0 Å². The predicted molar refractivity (Wildman–Crippen MR) is 78.8 cm³/mol. The van der Waals surface area contributed by atoms with E-state index in [1.165, 1.54) is 51.7 Å². The molecule has 0 aliphatic heterocycles. The van der Waals surface area contributed by atoms with Crippen LogP contribution in [-0.4, -0.2) is 37.1 Å². The molecule has 0 saturated heterocycles. The molecule has 0 heterocycles. The van der Waals surface area contributed by atoms with Crippen LogP contribution in [0.25, 0.3) is 0 Å². The van der Waals surface area contributed by atoms with E-state index in [1.807, 2.05) is 0 Å². The molecule has 0 radical (unpaired) electrons. The Bertz CT molecular complexity index is 217. The third-order valence-electron chi connectivity index (χ3n) is 4.29. The Hall–Kier alpha value is -0.0800. The molecule has 1 atom stereocenters. The molecule has 2 saturated carbocycles. The second kappa shape index (κ2) is 6.91. The van der Waals surface area contributed by atoms with Crippen molar-refractivity contribution in [3.8, 4) is 0 Å². The van der Waals surface area contributed by atoms with Crippen LogP contribution in [0.15, 0.2) is 0 Å². The monoisotopic (exact) mass is 252 g/mol. The molecule has 0 aromatic carbocycles. The van der Waals surface area contributed by atoms with Gasteiger partial charge in [-0.2, -0.15) is 0 Å². The van der Waals surface area contributed by atoms with Crippen molar-refractivity contribution in [1.82, 2.24) is 10.2 Å². The van der Waals surface area contributed by atoms with Crippen LogP contribution in [-0.2, 0) is 0 Å². The Labute approximate surface area is 114 Å². The lowest BCUT2D eigenvalue weighted by Gasteiger charge is -2.29. The van der Waals surface area contributed by atoms with Gasteiger partial charge in [0.15, 0.2) is 0 Å². The summed E-state index contributed by atoms with van der Waals surface area (Å²) in [6, 6.07) is 0.769. The van der Waals surface area contributed by atoms with Crippen molar-refractivity contribution in [1.29, 1.82) is 0 Å². The molecule has 1 N–H and O–H groups in total. The van der Waals surface area contributed by atoms with Gasteiger partial charge >= 0.3 is 0 Å². The van der Waals surface area contributed by atoms with Crippen LogP contribution in [0.4, 0.5) is 0 Å². The zero-order valence-corrected chi connectivity index (χ0v) is 12.6. The summed E-state index contributed by atoms with van der Waals surface area (Å²) in [6.45, 7) is 12.1. The Morgan fingerprint density at radius 3 is 2.00 bits per heavy atom. The highest BCUT2D eigenvalue weighted by Gasteiger charge is 2.30. The Kier molecular flexibility index (Phi) is 5.50. The first-order valence-corrected chi connectivity index (χ1v) is 8.10. The fraction of sp³-hybridized carbons (Fsp3) is 1.00. The van der Waals surface area contributed by atoms with E-state index < -0.39 is 0 Å². The summed E-state index contributed by atoms with van der Waals surface area (Å²) in [5.41, 5.74) is 0. The van der Waals surface area contributed by atoms with E-state index >= 15 is 0 Å². The number of hydrogen-bond donors (Lipinski definition) is 1. The van der Waals surface area contributed by atoms with Gasteiger partial charge in [-0.25, -0.2) is 0 Å². The summed E-state index contributed by atoms with van der Waals surface area (Å²) in [7, 11) is 0. The maximum atomic E-state index is 3.58. The summed E-state index contributed by atoms with van der Waals surface area (Å²) in [5.74, 6) is 2.85. The summed E-state index contributed by atoms with van der Waals surface area (Å²) >= 11 is 0. The zero-order valence-electron chi connectivity index (χ0n) is 12.6. The molecule has 2 aliphatic carbocycles.